The van der Waals surface area contributed by atoms with E-state index < -0.39 is 5.97 Å². The van der Waals surface area contributed by atoms with Gasteiger partial charge in [0.15, 0.2) is 6.29 Å². The molecule has 0 unspecified atom stereocenters. The highest BCUT2D eigenvalue weighted by Gasteiger charge is 2.08. The molecule has 0 heterocycles. The molecular formula is C11H14O4. The van der Waals surface area contributed by atoms with Crippen molar-refractivity contribution >= 4 is 12.3 Å². The third kappa shape index (κ3) is 3.18. The predicted octanol–water partition coefficient (Wildman–Crippen LogP) is 1.42. The monoisotopic (exact) mass is 210 g/mol. The number of carboxylic acids is 1. The van der Waals surface area contributed by atoms with Crippen LogP contribution >= 0.6 is 0 Å². The minimum absolute atomic E-state index is 0.223. The Morgan fingerprint density at radius 3 is 1.87 bits per heavy atom. The molecule has 0 aromatic heterocycles. The number of hydrogen-bond acceptors (Lipinski definition) is 3. The maximum Gasteiger partial charge on any atom is 0.335 e. The Kier molecular flexibility index (Phi) is 5.26. The number of rotatable bonds is 2. The maximum absolute atomic E-state index is 10.6. The molecule has 0 radical (unpaired) electrons. The van der Waals surface area contributed by atoms with E-state index in [9.17, 15) is 9.59 Å². The Morgan fingerprint density at radius 2 is 1.60 bits per heavy atom. The number of aliphatic hydroxyl groups excluding tert-OH is 1. The second-order valence-electron chi connectivity index (χ2n) is 2.95. The SMILES string of the molecule is CO.Cc1cc(C(=O)O)cc(C)c1C=O. The van der Waals surface area contributed by atoms with Crippen molar-refractivity contribution in [1.82, 2.24) is 0 Å². The number of carboxylic acid groups (broad SMARTS) is 1. The van der Waals surface area contributed by atoms with Crippen LogP contribution in [0.15, 0.2) is 12.1 Å². The number of aldehydes is 1. The van der Waals surface area contributed by atoms with Gasteiger partial charge in [-0.05, 0) is 37.1 Å². The first-order valence-corrected chi connectivity index (χ1v) is 4.30. The Morgan fingerprint density at radius 1 is 1.20 bits per heavy atom. The number of hydrogen-bond donors (Lipinski definition) is 2. The van der Waals surface area contributed by atoms with E-state index in [1.165, 1.54) is 12.1 Å². The van der Waals surface area contributed by atoms with Gasteiger partial charge in [0.2, 0.25) is 0 Å². The van der Waals surface area contributed by atoms with Crippen LogP contribution in [0.1, 0.15) is 31.8 Å². The second kappa shape index (κ2) is 5.93. The van der Waals surface area contributed by atoms with Crippen molar-refractivity contribution in [3.63, 3.8) is 0 Å². The van der Waals surface area contributed by atoms with Crippen LogP contribution in [0.5, 0.6) is 0 Å². The van der Waals surface area contributed by atoms with Gasteiger partial charge in [-0.3, -0.25) is 4.79 Å². The van der Waals surface area contributed by atoms with E-state index in [2.05, 4.69) is 0 Å². The smallest absolute Gasteiger partial charge is 0.335 e. The highest BCUT2D eigenvalue weighted by molar-refractivity contribution is 5.90. The molecule has 0 aliphatic rings. The van der Waals surface area contributed by atoms with E-state index in [1.54, 1.807) is 13.8 Å². The van der Waals surface area contributed by atoms with Gasteiger partial charge in [-0.25, -0.2) is 4.79 Å². The first-order valence-electron chi connectivity index (χ1n) is 4.30. The first kappa shape index (κ1) is 13.3. The number of aryl methyl sites for hydroxylation is 2. The first-order chi connectivity index (χ1) is 7.06. The summed E-state index contributed by atoms with van der Waals surface area (Å²) in [5.74, 6) is -0.969. The standard InChI is InChI=1S/C10H10O3.CH4O/c1-6-3-8(10(12)13)4-7(2)9(6)5-11;1-2/h3-5H,1-2H3,(H,12,13);2H,1H3. The number of aromatic carboxylic acids is 1. The van der Waals surface area contributed by atoms with Crippen LogP contribution in [0.2, 0.25) is 0 Å². The molecule has 0 saturated carbocycles. The van der Waals surface area contributed by atoms with Crippen molar-refractivity contribution in [3.8, 4) is 0 Å². The van der Waals surface area contributed by atoms with Gasteiger partial charge in [0.25, 0.3) is 0 Å². The van der Waals surface area contributed by atoms with Crippen molar-refractivity contribution in [2.75, 3.05) is 7.11 Å². The van der Waals surface area contributed by atoms with Crippen molar-refractivity contribution < 1.29 is 19.8 Å². The molecule has 15 heavy (non-hydrogen) atoms. The summed E-state index contributed by atoms with van der Waals surface area (Å²) in [7, 11) is 1.00. The van der Waals surface area contributed by atoms with Crippen LogP contribution < -0.4 is 0 Å². The third-order valence-corrected chi connectivity index (χ3v) is 1.96. The lowest BCUT2D eigenvalue weighted by Crippen LogP contribution is -2.00. The molecule has 0 aliphatic heterocycles. The summed E-state index contributed by atoms with van der Waals surface area (Å²) in [6.45, 7) is 3.45. The number of carbonyl (C=O) groups excluding carboxylic acids is 1. The Labute approximate surface area is 88.2 Å². The van der Waals surface area contributed by atoms with Crippen molar-refractivity contribution in [1.29, 1.82) is 0 Å². The van der Waals surface area contributed by atoms with Gasteiger partial charge in [0, 0.05) is 12.7 Å². The lowest BCUT2D eigenvalue weighted by Gasteiger charge is -2.04. The number of aliphatic hydroxyl groups is 1. The zero-order valence-corrected chi connectivity index (χ0v) is 8.94. The lowest BCUT2D eigenvalue weighted by molar-refractivity contribution is 0.0696. The molecule has 4 heteroatoms. The molecule has 82 valence electrons. The van der Waals surface area contributed by atoms with E-state index in [4.69, 9.17) is 10.2 Å². The van der Waals surface area contributed by atoms with Gasteiger partial charge >= 0.3 is 5.97 Å². The molecule has 1 rings (SSSR count). The van der Waals surface area contributed by atoms with E-state index >= 15 is 0 Å². The van der Waals surface area contributed by atoms with Crippen LogP contribution in [0.3, 0.4) is 0 Å². The minimum Gasteiger partial charge on any atom is -0.478 e. The lowest BCUT2D eigenvalue weighted by atomic mass is 10.0. The van der Waals surface area contributed by atoms with E-state index in [0.29, 0.717) is 16.7 Å². The molecule has 0 fully saturated rings. The second-order valence-corrected chi connectivity index (χ2v) is 2.95. The maximum atomic E-state index is 10.6. The van der Waals surface area contributed by atoms with E-state index in [0.717, 1.165) is 13.4 Å². The van der Waals surface area contributed by atoms with Crippen molar-refractivity contribution in [3.05, 3.63) is 34.4 Å². The number of carbonyl (C=O) groups is 2. The quantitative estimate of drug-likeness (QED) is 0.724. The fourth-order valence-corrected chi connectivity index (χ4v) is 1.28. The average molecular weight is 210 g/mol. The highest BCUT2D eigenvalue weighted by atomic mass is 16.4. The van der Waals surface area contributed by atoms with Crippen LogP contribution in [0.4, 0.5) is 0 Å². The Bertz CT molecular complexity index is 346. The van der Waals surface area contributed by atoms with Gasteiger partial charge in [-0.15, -0.1) is 0 Å². The average Bonchev–Trinajstić information content (AvgIpc) is 2.20. The normalized spacial score (nSPS) is 8.80. The molecule has 0 spiro atoms. The highest BCUT2D eigenvalue weighted by Crippen LogP contribution is 2.14. The molecule has 0 bridgehead atoms. The van der Waals surface area contributed by atoms with Gasteiger partial charge in [0.05, 0.1) is 5.56 Å². The van der Waals surface area contributed by atoms with Crippen LogP contribution in [0.25, 0.3) is 0 Å². The minimum atomic E-state index is -0.969. The van der Waals surface area contributed by atoms with Crippen LogP contribution in [-0.4, -0.2) is 29.6 Å². The summed E-state index contributed by atoms with van der Waals surface area (Å²) < 4.78 is 0. The third-order valence-electron chi connectivity index (χ3n) is 1.96. The molecule has 0 amide bonds. The fourth-order valence-electron chi connectivity index (χ4n) is 1.28. The van der Waals surface area contributed by atoms with E-state index in [-0.39, 0.29) is 5.56 Å². The van der Waals surface area contributed by atoms with Crippen LogP contribution in [0, 0.1) is 13.8 Å². The summed E-state index contributed by atoms with van der Waals surface area (Å²) >= 11 is 0. The summed E-state index contributed by atoms with van der Waals surface area (Å²) in [5, 5.41) is 15.7. The van der Waals surface area contributed by atoms with Gasteiger partial charge in [0.1, 0.15) is 0 Å². The fraction of sp³-hybridized carbons (Fsp3) is 0.273. The van der Waals surface area contributed by atoms with Crippen LogP contribution in [-0.2, 0) is 0 Å². The molecule has 2 N–H and O–H groups in total. The van der Waals surface area contributed by atoms with Gasteiger partial charge < -0.3 is 10.2 Å². The number of benzene rings is 1. The molecule has 4 nitrogen and oxygen atoms in total. The van der Waals surface area contributed by atoms with Gasteiger partial charge in [-0.2, -0.15) is 0 Å². The Hall–Kier alpha value is -1.68. The molecule has 1 aromatic carbocycles. The molecule has 0 atom stereocenters. The molecule has 0 saturated heterocycles. The largest absolute Gasteiger partial charge is 0.478 e. The summed E-state index contributed by atoms with van der Waals surface area (Å²) in [6.07, 6.45) is 0.746. The summed E-state index contributed by atoms with van der Waals surface area (Å²) in [4.78, 5) is 21.2. The van der Waals surface area contributed by atoms with E-state index in [1.807, 2.05) is 0 Å². The summed E-state index contributed by atoms with van der Waals surface area (Å²) in [6, 6.07) is 3.00. The predicted molar refractivity (Wildman–Crippen MR) is 56.4 cm³/mol. The molecule has 0 aliphatic carbocycles. The Balaban J connectivity index is 0.000000921. The topological polar surface area (TPSA) is 74.6 Å². The van der Waals surface area contributed by atoms with Gasteiger partial charge in [-0.1, -0.05) is 0 Å². The summed E-state index contributed by atoms with van der Waals surface area (Å²) in [5.41, 5.74) is 2.20. The molecular weight excluding hydrogens is 196 g/mol. The van der Waals surface area contributed by atoms with Crippen molar-refractivity contribution in [2.45, 2.75) is 13.8 Å². The zero-order valence-electron chi connectivity index (χ0n) is 8.94. The van der Waals surface area contributed by atoms with Crippen molar-refractivity contribution in [2.24, 2.45) is 0 Å². The molecule has 1 aromatic rings. The zero-order chi connectivity index (χ0) is 12.0.